The molecule has 0 aliphatic heterocycles. The van der Waals surface area contributed by atoms with E-state index in [0.29, 0.717) is 11.3 Å². The van der Waals surface area contributed by atoms with E-state index >= 15 is 0 Å². The fourth-order valence-corrected chi connectivity index (χ4v) is 3.37. The maximum atomic E-state index is 12.8. The molecule has 7 heteroatoms. The average molecular weight is 358 g/mol. The predicted octanol–water partition coefficient (Wildman–Crippen LogP) is 2.83. The highest BCUT2D eigenvalue weighted by atomic mass is 32.1. The Kier molecular flexibility index (Phi) is 5.06. The van der Waals surface area contributed by atoms with Crippen molar-refractivity contribution in [3.8, 4) is 0 Å². The number of aliphatic hydroxyl groups excluding tert-OH is 1. The molecule has 1 heterocycles. The van der Waals surface area contributed by atoms with Gasteiger partial charge in [-0.2, -0.15) is 0 Å². The topological polar surface area (TPSA) is 78.4 Å². The van der Waals surface area contributed by atoms with Gasteiger partial charge in [-0.05, 0) is 41.1 Å². The van der Waals surface area contributed by atoms with Crippen LogP contribution in [0.15, 0.2) is 53.9 Å². The number of aliphatic hydroxyl groups is 1. The molecule has 0 spiro atoms. The van der Waals surface area contributed by atoms with Crippen LogP contribution < -0.4 is 10.6 Å². The smallest absolute Gasteiger partial charge is 0.313 e. The van der Waals surface area contributed by atoms with Crippen molar-refractivity contribution in [2.45, 2.75) is 6.10 Å². The Labute approximate surface area is 147 Å². The summed E-state index contributed by atoms with van der Waals surface area (Å²) in [5.74, 6) is -2.19. The summed E-state index contributed by atoms with van der Waals surface area (Å²) >= 11 is 1.50. The van der Waals surface area contributed by atoms with Crippen LogP contribution in [-0.4, -0.2) is 23.5 Å². The summed E-state index contributed by atoms with van der Waals surface area (Å²) in [5, 5.41) is 17.8. The Morgan fingerprint density at radius 1 is 1.08 bits per heavy atom. The molecule has 3 aromatic rings. The Balaban J connectivity index is 1.57. The number of benzene rings is 2. The summed E-state index contributed by atoms with van der Waals surface area (Å²) in [6, 6.07) is 12.7. The predicted molar refractivity (Wildman–Crippen MR) is 94.8 cm³/mol. The number of fused-ring (bicyclic) bond motifs is 1. The molecule has 0 saturated heterocycles. The highest BCUT2D eigenvalue weighted by Crippen LogP contribution is 2.29. The fraction of sp³-hybridized carbons (Fsp3) is 0.111. The van der Waals surface area contributed by atoms with Gasteiger partial charge in [-0.25, -0.2) is 4.39 Å². The monoisotopic (exact) mass is 358 g/mol. The minimum absolute atomic E-state index is 0.0869. The van der Waals surface area contributed by atoms with E-state index in [1.807, 2.05) is 29.6 Å². The number of carbonyl (C=O) groups is 2. The number of hydrogen-bond donors (Lipinski definition) is 3. The van der Waals surface area contributed by atoms with Gasteiger partial charge >= 0.3 is 11.8 Å². The first-order valence-corrected chi connectivity index (χ1v) is 8.41. The van der Waals surface area contributed by atoms with Crippen LogP contribution in [-0.2, 0) is 9.59 Å². The zero-order valence-corrected chi connectivity index (χ0v) is 13.8. The van der Waals surface area contributed by atoms with Crippen LogP contribution in [0.25, 0.3) is 10.1 Å². The van der Waals surface area contributed by atoms with Crippen molar-refractivity contribution in [2.75, 3.05) is 11.9 Å². The second kappa shape index (κ2) is 7.42. The lowest BCUT2D eigenvalue weighted by atomic mass is 10.1. The van der Waals surface area contributed by atoms with E-state index in [1.165, 1.54) is 35.6 Å². The molecule has 0 fully saturated rings. The van der Waals surface area contributed by atoms with Gasteiger partial charge in [-0.15, -0.1) is 11.3 Å². The van der Waals surface area contributed by atoms with Crippen LogP contribution in [0.3, 0.4) is 0 Å². The molecule has 2 amide bonds. The molecule has 3 rings (SSSR count). The third kappa shape index (κ3) is 4.01. The van der Waals surface area contributed by atoms with Gasteiger partial charge in [0, 0.05) is 22.5 Å². The quantitative estimate of drug-likeness (QED) is 0.628. The van der Waals surface area contributed by atoms with Crippen molar-refractivity contribution >= 4 is 38.9 Å². The molecular formula is C18H15FN2O3S. The van der Waals surface area contributed by atoms with Crippen molar-refractivity contribution in [2.24, 2.45) is 0 Å². The van der Waals surface area contributed by atoms with Crippen molar-refractivity contribution in [3.05, 3.63) is 65.3 Å². The van der Waals surface area contributed by atoms with Gasteiger partial charge in [-0.1, -0.05) is 18.2 Å². The minimum Gasteiger partial charge on any atom is -0.387 e. The van der Waals surface area contributed by atoms with E-state index in [4.69, 9.17) is 0 Å². The van der Waals surface area contributed by atoms with Crippen molar-refractivity contribution in [1.29, 1.82) is 0 Å². The van der Waals surface area contributed by atoms with Gasteiger partial charge in [0.1, 0.15) is 5.82 Å². The molecule has 0 bridgehead atoms. The molecule has 0 aliphatic carbocycles. The van der Waals surface area contributed by atoms with Crippen LogP contribution in [0.5, 0.6) is 0 Å². The average Bonchev–Trinajstić information content (AvgIpc) is 3.05. The zero-order valence-electron chi connectivity index (χ0n) is 13.0. The third-order valence-electron chi connectivity index (χ3n) is 3.63. The molecule has 1 unspecified atom stereocenters. The van der Waals surface area contributed by atoms with Crippen LogP contribution in [0.2, 0.25) is 0 Å². The summed E-state index contributed by atoms with van der Waals surface area (Å²) in [7, 11) is 0. The Bertz CT molecular complexity index is 908. The summed E-state index contributed by atoms with van der Waals surface area (Å²) in [5.41, 5.74) is 1.02. The van der Waals surface area contributed by atoms with Crippen molar-refractivity contribution in [3.63, 3.8) is 0 Å². The van der Waals surface area contributed by atoms with Gasteiger partial charge in [-0.3, -0.25) is 9.59 Å². The first-order valence-electron chi connectivity index (χ1n) is 7.53. The lowest BCUT2D eigenvalue weighted by Crippen LogP contribution is -2.37. The Hall–Kier alpha value is -2.77. The van der Waals surface area contributed by atoms with Gasteiger partial charge in [0.25, 0.3) is 0 Å². The van der Waals surface area contributed by atoms with Crippen LogP contribution in [0.1, 0.15) is 11.7 Å². The molecule has 128 valence electrons. The molecular weight excluding hydrogens is 343 g/mol. The third-order valence-corrected chi connectivity index (χ3v) is 4.62. The highest BCUT2D eigenvalue weighted by Gasteiger charge is 2.18. The molecule has 3 N–H and O–H groups in total. The molecule has 1 atom stereocenters. The molecule has 1 aromatic heterocycles. The maximum Gasteiger partial charge on any atom is 0.313 e. The van der Waals surface area contributed by atoms with E-state index in [1.54, 1.807) is 0 Å². The summed E-state index contributed by atoms with van der Waals surface area (Å²) in [4.78, 5) is 23.7. The number of hydrogen-bond acceptors (Lipinski definition) is 4. The minimum atomic E-state index is -0.918. The van der Waals surface area contributed by atoms with Gasteiger partial charge in [0.15, 0.2) is 0 Å². The van der Waals surface area contributed by atoms with Crippen molar-refractivity contribution < 1.29 is 19.1 Å². The lowest BCUT2D eigenvalue weighted by Gasteiger charge is -2.11. The molecule has 25 heavy (non-hydrogen) atoms. The fourth-order valence-electron chi connectivity index (χ4n) is 2.36. The second-order valence-electron chi connectivity index (χ2n) is 5.37. The highest BCUT2D eigenvalue weighted by molar-refractivity contribution is 7.17. The maximum absolute atomic E-state index is 12.8. The van der Waals surface area contributed by atoms with E-state index in [-0.39, 0.29) is 6.54 Å². The largest absolute Gasteiger partial charge is 0.387 e. The molecule has 0 saturated carbocycles. The first kappa shape index (κ1) is 17.1. The number of nitrogens with one attached hydrogen (secondary N) is 2. The summed E-state index contributed by atoms with van der Waals surface area (Å²) in [6.45, 7) is -0.0869. The number of anilines is 1. The van der Waals surface area contributed by atoms with Crippen molar-refractivity contribution in [1.82, 2.24) is 5.32 Å². The standard InChI is InChI=1S/C18H15FN2O3S/c19-11-5-7-12(8-6-11)21-18(24)17(23)20-9-15(22)14-10-25-16-4-2-1-3-13(14)16/h1-8,10,15,22H,9H2,(H,20,23)(H,21,24). The lowest BCUT2D eigenvalue weighted by molar-refractivity contribution is -0.136. The van der Waals surface area contributed by atoms with E-state index in [2.05, 4.69) is 10.6 Å². The van der Waals surface area contributed by atoms with Crippen LogP contribution in [0.4, 0.5) is 10.1 Å². The van der Waals surface area contributed by atoms with Gasteiger partial charge in [0.05, 0.1) is 6.10 Å². The zero-order chi connectivity index (χ0) is 17.8. The van der Waals surface area contributed by atoms with Crippen LogP contribution >= 0.6 is 11.3 Å². The molecule has 0 aliphatic rings. The number of thiophene rings is 1. The normalized spacial score (nSPS) is 11.9. The Morgan fingerprint density at radius 3 is 2.56 bits per heavy atom. The number of rotatable bonds is 4. The Morgan fingerprint density at radius 2 is 1.80 bits per heavy atom. The van der Waals surface area contributed by atoms with Gasteiger partial charge < -0.3 is 15.7 Å². The number of carbonyl (C=O) groups excluding carboxylic acids is 2. The number of amides is 2. The van der Waals surface area contributed by atoms with E-state index in [9.17, 15) is 19.1 Å². The SMILES string of the molecule is O=C(NCC(O)c1csc2ccccc12)C(=O)Nc1ccc(F)cc1. The first-order chi connectivity index (χ1) is 12.0. The molecule has 2 aromatic carbocycles. The van der Waals surface area contributed by atoms with Crippen LogP contribution in [0, 0.1) is 5.82 Å². The summed E-state index contributed by atoms with van der Waals surface area (Å²) in [6.07, 6.45) is -0.918. The molecule has 5 nitrogen and oxygen atoms in total. The number of halogens is 1. The molecule has 0 radical (unpaired) electrons. The van der Waals surface area contributed by atoms with E-state index in [0.717, 1.165) is 10.1 Å². The summed E-state index contributed by atoms with van der Waals surface area (Å²) < 4.78 is 13.9. The van der Waals surface area contributed by atoms with E-state index < -0.39 is 23.7 Å². The van der Waals surface area contributed by atoms with Gasteiger partial charge in [0.2, 0.25) is 0 Å². The second-order valence-corrected chi connectivity index (χ2v) is 6.29.